The summed E-state index contributed by atoms with van der Waals surface area (Å²) in [5.74, 6) is 0.147. The molecular weight excluding hydrogens is 257 g/mol. The monoisotopic (exact) mass is 274 g/mol. The number of anilines is 1. The molecule has 0 unspecified atom stereocenters. The molecule has 0 bridgehead atoms. The van der Waals surface area contributed by atoms with Gasteiger partial charge in [-0.15, -0.1) is 0 Å². The van der Waals surface area contributed by atoms with Crippen LogP contribution in [0, 0.1) is 0 Å². The summed E-state index contributed by atoms with van der Waals surface area (Å²) in [6.07, 6.45) is -0.0795. The number of hydrogen-bond acceptors (Lipinski definition) is 3. The Hall–Kier alpha value is -1.30. The summed E-state index contributed by atoms with van der Waals surface area (Å²) in [7, 11) is 0. The molecule has 0 radical (unpaired) electrons. The van der Waals surface area contributed by atoms with Crippen molar-refractivity contribution in [3.8, 4) is 0 Å². The number of nitrogens with zero attached hydrogens (tertiary/aromatic N) is 1. The van der Waals surface area contributed by atoms with Gasteiger partial charge >= 0.3 is 6.18 Å². The van der Waals surface area contributed by atoms with Crippen molar-refractivity contribution in [2.24, 2.45) is 0 Å². The SMILES string of the molecule is OC1(CNc2cccc(C(F)(F)F)n2)CCCCC1. The van der Waals surface area contributed by atoms with E-state index in [-0.39, 0.29) is 12.4 Å². The van der Waals surface area contributed by atoms with Crippen molar-refractivity contribution in [2.45, 2.75) is 43.9 Å². The van der Waals surface area contributed by atoms with Gasteiger partial charge in [0, 0.05) is 6.54 Å². The van der Waals surface area contributed by atoms with Gasteiger partial charge in [0.25, 0.3) is 0 Å². The maximum absolute atomic E-state index is 12.5. The van der Waals surface area contributed by atoms with Crippen LogP contribution in [0.15, 0.2) is 18.2 Å². The van der Waals surface area contributed by atoms with Gasteiger partial charge < -0.3 is 10.4 Å². The van der Waals surface area contributed by atoms with E-state index in [1.54, 1.807) is 0 Å². The number of nitrogens with one attached hydrogen (secondary N) is 1. The molecule has 6 heteroatoms. The molecular formula is C13H17F3N2O. The molecule has 1 aromatic rings. The summed E-state index contributed by atoms with van der Waals surface area (Å²) in [5, 5.41) is 13.1. The first-order valence-electron chi connectivity index (χ1n) is 6.40. The highest BCUT2D eigenvalue weighted by Crippen LogP contribution is 2.30. The van der Waals surface area contributed by atoms with Crippen LogP contribution in [0.3, 0.4) is 0 Å². The molecule has 1 heterocycles. The van der Waals surface area contributed by atoms with Crippen LogP contribution in [-0.4, -0.2) is 22.2 Å². The second kappa shape index (κ2) is 5.36. The molecule has 3 nitrogen and oxygen atoms in total. The highest BCUT2D eigenvalue weighted by atomic mass is 19.4. The van der Waals surface area contributed by atoms with Crippen LogP contribution >= 0.6 is 0 Å². The van der Waals surface area contributed by atoms with E-state index in [1.165, 1.54) is 12.1 Å². The van der Waals surface area contributed by atoms with E-state index in [0.717, 1.165) is 25.3 Å². The number of aliphatic hydroxyl groups is 1. The summed E-state index contributed by atoms with van der Waals surface area (Å²) in [4.78, 5) is 3.51. The first-order chi connectivity index (χ1) is 8.89. The minimum Gasteiger partial charge on any atom is -0.388 e. The van der Waals surface area contributed by atoms with Gasteiger partial charge in [-0.25, -0.2) is 4.98 Å². The highest BCUT2D eigenvalue weighted by molar-refractivity contribution is 5.36. The summed E-state index contributed by atoms with van der Waals surface area (Å²) in [6, 6.07) is 3.71. The van der Waals surface area contributed by atoms with Crippen LogP contribution in [0.4, 0.5) is 19.0 Å². The molecule has 1 aliphatic rings. The second-order valence-electron chi connectivity index (χ2n) is 5.04. The van der Waals surface area contributed by atoms with Crippen molar-refractivity contribution in [3.63, 3.8) is 0 Å². The first-order valence-corrected chi connectivity index (χ1v) is 6.40. The number of rotatable bonds is 3. The average molecular weight is 274 g/mol. The van der Waals surface area contributed by atoms with Crippen LogP contribution in [0.25, 0.3) is 0 Å². The molecule has 0 aliphatic heterocycles. The first kappa shape index (κ1) is 14.1. The summed E-state index contributed by atoms with van der Waals surface area (Å²) < 4.78 is 37.5. The predicted molar refractivity (Wildman–Crippen MR) is 65.8 cm³/mol. The number of halogens is 3. The molecule has 2 N–H and O–H groups in total. The van der Waals surface area contributed by atoms with Crippen LogP contribution < -0.4 is 5.32 Å². The van der Waals surface area contributed by atoms with Crippen molar-refractivity contribution in [2.75, 3.05) is 11.9 Å². The number of pyridine rings is 1. The number of hydrogen-bond donors (Lipinski definition) is 2. The van der Waals surface area contributed by atoms with Crippen molar-refractivity contribution in [1.82, 2.24) is 4.98 Å². The average Bonchev–Trinajstić information content (AvgIpc) is 2.37. The highest BCUT2D eigenvalue weighted by Gasteiger charge is 2.33. The maximum Gasteiger partial charge on any atom is 0.433 e. The summed E-state index contributed by atoms with van der Waals surface area (Å²) in [6.45, 7) is 0.237. The molecule has 0 aromatic carbocycles. The third-order valence-electron chi connectivity index (χ3n) is 3.42. The summed E-state index contributed by atoms with van der Waals surface area (Å²) in [5.41, 5.74) is -1.75. The lowest BCUT2D eigenvalue weighted by Crippen LogP contribution is -2.39. The Balaban J connectivity index is 1.99. The van der Waals surface area contributed by atoms with Crippen molar-refractivity contribution in [1.29, 1.82) is 0 Å². The smallest absolute Gasteiger partial charge is 0.388 e. The van der Waals surface area contributed by atoms with Crippen molar-refractivity contribution >= 4 is 5.82 Å². The molecule has 106 valence electrons. The normalized spacial score (nSPS) is 19.2. The van der Waals surface area contributed by atoms with Gasteiger partial charge in [0.05, 0.1) is 5.60 Å². The predicted octanol–water partition coefficient (Wildman–Crippen LogP) is 3.21. The van der Waals surface area contributed by atoms with Gasteiger partial charge in [-0.3, -0.25) is 0 Å². The Labute approximate surface area is 109 Å². The van der Waals surface area contributed by atoms with Gasteiger partial charge in [-0.05, 0) is 25.0 Å². The molecule has 1 saturated carbocycles. The lowest BCUT2D eigenvalue weighted by atomic mass is 9.85. The van der Waals surface area contributed by atoms with Crippen LogP contribution in [0.1, 0.15) is 37.8 Å². The molecule has 0 amide bonds. The van der Waals surface area contributed by atoms with E-state index in [1.807, 2.05) is 0 Å². The fourth-order valence-corrected chi connectivity index (χ4v) is 2.33. The topological polar surface area (TPSA) is 45.1 Å². The Morgan fingerprint density at radius 2 is 1.89 bits per heavy atom. The molecule has 19 heavy (non-hydrogen) atoms. The second-order valence-corrected chi connectivity index (χ2v) is 5.04. The zero-order chi connectivity index (χ0) is 13.9. The van der Waals surface area contributed by atoms with Gasteiger partial charge in [-0.2, -0.15) is 13.2 Å². The lowest BCUT2D eigenvalue weighted by molar-refractivity contribution is -0.141. The van der Waals surface area contributed by atoms with Gasteiger partial charge in [0.2, 0.25) is 0 Å². The van der Waals surface area contributed by atoms with E-state index in [4.69, 9.17) is 0 Å². The van der Waals surface area contributed by atoms with E-state index in [2.05, 4.69) is 10.3 Å². The van der Waals surface area contributed by atoms with Crippen LogP contribution in [0.5, 0.6) is 0 Å². The zero-order valence-corrected chi connectivity index (χ0v) is 10.5. The quantitative estimate of drug-likeness (QED) is 0.889. The summed E-state index contributed by atoms with van der Waals surface area (Å²) >= 11 is 0. The van der Waals surface area contributed by atoms with E-state index in [0.29, 0.717) is 12.8 Å². The van der Waals surface area contributed by atoms with Crippen molar-refractivity contribution < 1.29 is 18.3 Å². The third-order valence-corrected chi connectivity index (χ3v) is 3.42. The Morgan fingerprint density at radius 3 is 2.53 bits per heavy atom. The van der Waals surface area contributed by atoms with Crippen molar-refractivity contribution in [3.05, 3.63) is 23.9 Å². The Kier molecular flexibility index (Phi) is 3.99. The fourth-order valence-electron chi connectivity index (χ4n) is 2.33. The van der Waals surface area contributed by atoms with Crippen LogP contribution in [-0.2, 0) is 6.18 Å². The molecule has 0 atom stereocenters. The van der Waals surface area contributed by atoms with Crippen LogP contribution in [0.2, 0.25) is 0 Å². The molecule has 1 aliphatic carbocycles. The molecule has 0 spiro atoms. The molecule has 1 aromatic heterocycles. The Morgan fingerprint density at radius 1 is 1.21 bits per heavy atom. The van der Waals surface area contributed by atoms with Gasteiger partial charge in [-0.1, -0.05) is 25.3 Å². The standard InChI is InChI=1S/C13H17F3N2O/c14-13(15,16)10-5-4-6-11(18-10)17-9-12(19)7-2-1-3-8-12/h4-6,19H,1-3,7-9H2,(H,17,18). The fraction of sp³-hybridized carbons (Fsp3) is 0.615. The molecule has 1 fully saturated rings. The minimum atomic E-state index is -4.45. The van der Waals surface area contributed by atoms with E-state index < -0.39 is 17.5 Å². The lowest BCUT2D eigenvalue weighted by Gasteiger charge is -2.32. The van der Waals surface area contributed by atoms with E-state index >= 15 is 0 Å². The maximum atomic E-state index is 12.5. The Bertz CT molecular complexity index is 428. The largest absolute Gasteiger partial charge is 0.433 e. The third kappa shape index (κ3) is 3.83. The van der Waals surface area contributed by atoms with Gasteiger partial charge in [0.1, 0.15) is 11.5 Å². The minimum absolute atomic E-state index is 0.147. The molecule has 2 rings (SSSR count). The van der Waals surface area contributed by atoms with E-state index in [9.17, 15) is 18.3 Å². The number of aromatic nitrogens is 1. The molecule has 0 saturated heterocycles. The number of alkyl halides is 3. The van der Waals surface area contributed by atoms with Gasteiger partial charge in [0.15, 0.2) is 0 Å². The zero-order valence-electron chi connectivity index (χ0n) is 10.5.